The second-order valence-electron chi connectivity index (χ2n) is 18.2. The monoisotopic (exact) mass is 913 g/mol. The molecule has 4 N–H and O–H groups in total. The number of benzene rings is 4. The molecule has 67 heavy (non-hydrogen) atoms. The van der Waals surface area contributed by atoms with Gasteiger partial charge in [-0.1, -0.05) is 94.4 Å². The highest BCUT2D eigenvalue weighted by Crippen LogP contribution is 2.47. The third kappa shape index (κ3) is 11.0. The van der Waals surface area contributed by atoms with Gasteiger partial charge in [0.25, 0.3) is 0 Å². The van der Waals surface area contributed by atoms with E-state index in [-0.39, 0.29) is 47.5 Å². The molecule has 6 amide bonds. The van der Waals surface area contributed by atoms with Crippen LogP contribution in [0.5, 0.6) is 0 Å². The highest BCUT2D eigenvalue weighted by molar-refractivity contribution is 5.99. The number of nitrogens with one attached hydrogen (secondary N) is 4. The van der Waals surface area contributed by atoms with Gasteiger partial charge in [-0.25, -0.2) is 9.59 Å². The van der Waals surface area contributed by atoms with E-state index in [1.165, 1.54) is 14.2 Å². The SMILES string of the molecule is COC(=O)N[C@H](C(=O)N1CCC[C@H]1C(=O)Nc1ccc([C@H]2CC[C@H](c3ccc(NC(=O)[C@@H]4CCCN4C(=O)[C@@H](NC(=O)OC)C(C)C)cc3)N2c2ccc(-c3ccccc3)cc2)cc1)C(C)C. The molecule has 354 valence electrons. The number of hydrogen-bond acceptors (Lipinski definition) is 9. The number of amides is 6. The Morgan fingerprint density at radius 3 is 1.31 bits per heavy atom. The highest BCUT2D eigenvalue weighted by atomic mass is 16.5. The van der Waals surface area contributed by atoms with Crippen LogP contribution < -0.4 is 26.2 Å². The number of alkyl carbamates (subject to hydrolysis) is 2. The maximum Gasteiger partial charge on any atom is 0.407 e. The Bertz CT molecular complexity index is 2250. The van der Waals surface area contributed by atoms with E-state index in [1.54, 1.807) is 9.80 Å². The highest BCUT2D eigenvalue weighted by Gasteiger charge is 2.41. The predicted octanol–water partition coefficient (Wildman–Crippen LogP) is 8.06. The maximum atomic E-state index is 13.7. The number of rotatable bonds is 14. The average molecular weight is 914 g/mol. The van der Waals surface area contributed by atoms with Crippen LogP contribution in [-0.2, 0) is 28.7 Å². The summed E-state index contributed by atoms with van der Waals surface area (Å²) in [6.07, 6.45) is 2.71. The number of carbonyl (C=O) groups excluding carboxylic acids is 6. The van der Waals surface area contributed by atoms with Crippen LogP contribution >= 0.6 is 0 Å². The first-order valence-corrected chi connectivity index (χ1v) is 23.3. The predicted molar refractivity (Wildman–Crippen MR) is 257 cm³/mol. The fourth-order valence-electron chi connectivity index (χ4n) is 9.67. The molecule has 0 unspecified atom stereocenters. The van der Waals surface area contributed by atoms with Crippen molar-refractivity contribution >= 4 is 52.9 Å². The molecule has 0 bridgehead atoms. The van der Waals surface area contributed by atoms with Gasteiger partial charge in [-0.2, -0.15) is 0 Å². The zero-order chi connectivity index (χ0) is 47.8. The van der Waals surface area contributed by atoms with Gasteiger partial charge in [0.05, 0.1) is 26.3 Å². The Labute approximate surface area is 392 Å². The molecule has 3 saturated heterocycles. The molecule has 0 aromatic heterocycles. The third-order valence-electron chi connectivity index (χ3n) is 13.2. The van der Waals surface area contributed by atoms with Crippen LogP contribution in [0, 0.1) is 11.8 Å². The molecular weight excluding hydrogens is 851 g/mol. The van der Waals surface area contributed by atoms with Gasteiger partial charge in [0.15, 0.2) is 0 Å². The first kappa shape index (κ1) is 48.0. The Kier molecular flexibility index (Phi) is 15.5. The van der Waals surface area contributed by atoms with Gasteiger partial charge < -0.3 is 45.4 Å². The number of likely N-dealkylation sites (tertiary alicyclic amines) is 2. The lowest BCUT2D eigenvalue weighted by Gasteiger charge is -2.34. The third-order valence-corrected chi connectivity index (χ3v) is 13.2. The summed E-state index contributed by atoms with van der Waals surface area (Å²) in [5.74, 6) is -1.58. The Balaban J connectivity index is 1.07. The summed E-state index contributed by atoms with van der Waals surface area (Å²) < 4.78 is 9.50. The summed E-state index contributed by atoms with van der Waals surface area (Å²) in [5, 5.41) is 11.3. The molecule has 3 aliphatic heterocycles. The normalized spacial score (nSPS) is 20.0. The van der Waals surface area contributed by atoms with Crippen molar-refractivity contribution in [2.75, 3.05) is 42.8 Å². The van der Waals surface area contributed by atoms with Crippen LogP contribution in [0.25, 0.3) is 11.1 Å². The van der Waals surface area contributed by atoms with E-state index >= 15 is 0 Å². The summed E-state index contributed by atoms with van der Waals surface area (Å²) >= 11 is 0. The van der Waals surface area contributed by atoms with Crippen LogP contribution in [0.1, 0.15) is 89.4 Å². The zero-order valence-electron chi connectivity index (χ0n) is 39.2. The van der Waals surface area contributed by atoms with Gasteiger partial charge in [0.1, 0.15) is 24.2 Å². The van der Waals surface area contributed by atoms with E-state index in [0.717, 1.165) is 40.8 Å². The van der Waals surface area contributed by atoms with Gasteiger partial charge in [0, 0.05) is 30.2 Å². The molecule has 3 heterocycles. The fourth-order valence-corrected chi connectivity index (χ4v) is 9.67. The van der Waals surface area contributed by atoms with Crippen LogP contribution in [-0.4, -0.2) is 97.1 Å². The number of ether oxygens (including phenoxy) is 2. The van der Waals surface area contributed by atoms with Gasteiger partial charge >= 0.3 is 12.2 Å². The van der Waals surface area contributed by atoms with Crippen molar-refractivity contribution in [2.45, 2.75) is 102 Å². The molecule has 7 rings (SSSR count). The fraction of sp³-hybridized carbons (Fsp3) is 0.423. The summed E-state index contributed by atoms with van der Waals surface area (Å²) in [6, 6.07) is 31.7. The number of nitrogens with zero attached hydrogens (tertiary/aromatic N) is 3. The van der Waals surface area contributed by atoms with Crippen molar-refractivity contribution in [3.05, 3.63) is 114 Å². The molecular formula is C52H63N7O8. The minimum absolute atomic E-state index is 0.00385. The molecule has 6 atom stereocenters. The van der Waals surface area contributed by atoms with E-state index < -0.39 is 36.4 Å². The van der Waals surface area contributed by atoms with Crippen molar-refractivity contribution in [1.29, 1.82) is 0 Å². The van der Waals surface area contributed by atoms with Crippen molar-refractivity contribution in [3.63, 3.8) is 0 Å². The van der Waals surface area contributed by atoms with E-state index in [0.29, 0.717) is 50.1 Å². The Hall–Kier alpha value is -6.90. The summed E-state index contributed by atoms with van der Waals surface area (Å²) in [5.41, 5.74) is 6.70. The lowest BCUT2D eigenvalue weighted by Crippen LogP contribution is -2.54. The van der Waals surface area contributed by atoms with Gasteiger partial charge in [-0.05, 0) is 109 Å². The summed E-state index contributed by atoms with van der Waals surface area (Å²) in [4.78, 5) is 84.2. The topological polar surface area (TPSA) is 179 Å². The molecule has 0 spiro atoms. The van der Waals surface area contributed by atoms with E-state index in [9.17, 15) is 28.8 Å². The zero-order valence-corrected chi connectivity index (χ0v) is 39.2. The summed E-state index contributed by atoms with van der Waals surface area (Å²) in [7, 11) is 2.50. The first-order valence-electron chi connectivity index (χ1n) is 23.3. The van der Waals surface area contributed by atoms with E-state index in [2.05, 4.69) is 62.6 Å². The van der Waals surface area contributed by atoms with Crippen molar-refractivity contribution in [1.82, 2.24) is 20.4 Å². The second kappa shape index (κ2) is 21.6. The number of anilines is 3. The number of carbonyl (C=O) groups is 6. The minimum atomic E-state index is -0.818. The van der Waals surface area contributed by atoms with Crippen LogP contribution in [0.3, 0.4) is 0 Å². The molecule has 3 aliphatic rings. The minimum Gasteiger partial charge on any atom is -0.453 e. The quantitative estimate of drug-likeness (QED) is 0.0974. The molecule has 15 heteroatoms. The lowest BCUT2D eigenvalue weighted by atomic mass is 10.0. The van der Waals surface area contributed by atoms with Crippen LogP contribution in [0.15, 0.2) is 103 Å². The average Bonchev–Trinajstić information content (AvgIpc) is 4.14. The molecule has 4 aromatic carbocycles. The molecule has 0 aliphatic carbocycles. The van der Waals surface area contributed by atoms with Gasteiger partial charge in [-0.3, -0.25) is 19.2 Å². The standard InChI is InChI=1S/C52H63N7O8/c1-32(2)45(55-51(64)66-5)49(62)57-30-10-14-43(57)47(60)53-38-22-16-36(17-23-38)41-28-29-42(59(41)40-26-20-35(21-27-40)34-12-8-7-9-13-34)37-18-24-39(25-19-37)54-48(61)44-15-11-31-58(44)50(63)46(33(3)4)56-52(65)67-6/h7-9,12-13,16-27,32-33,41-46H,10-11,14-15,28-31H2,1-6H3,(H,53,60)(H,54,61)(H,55,64)(H,56,65)/t41-,42-,43+,44+,45+,46+/m1/s1. The smallest absolute Gasteiger partial charge is 0.407 e. The summed E-state index contributed by atoms with van der Waals surface area (Å²) in [6.45, 7) is 8.20. The number of hydrogen-bond donors (Lipinski definition) is 4. The largest absolute Gasteiger partial charge is 0.453 e. The van der Waals surface area contributed by atoms with Crippen molar-refractivity contribution in [2.24, 2.45) is 11.8 Å². The van der Waals surface area contributed by atoms with E-state index in [4.69, 9.17) is 9.47 Å². The molecule has 0 saturated carbocycles. The molecule has 3 fully saturated rings. The van der Waals surface area contributed by atoms with Gasteiger partial charge in [0.2, 0.25) is 23.6 Å². The lowest BCUT2D eigenvalue weighted by molar-refractivity contribution is -0.139. The first-order chi connectivity index (χ1) is 32.3. The van der Waals surface area contributed by atoms with Crippen molar-refractivity contribution in [3.8, 4) is 11.1 Å². The van der Waals surface area contributed by atoms with E-state index in [1.807, 2.05) is 94.4 Å². The van der Waals surface area contributed by atoms with Crippen LogP contribution in [0.2, 0.25) is 0 Å². The molecule has 4 aromatic rings. The molecule has 15 nitrogen and oxygen atoms in total. The number of methoxy groups -OCH3 is 2. The Morgan fingerprint density at radius 2 is 0.925 bits per heavy atom. The molecule has 0 radical (unpaired) electrons. The maximum absolute atomic E-state index is 13.7. The Morgan fingerprint density at radius 1 is 0.522 bits per heavy atom. The van der Waals surface area contributed by atoms with Gasteiger partial charge in [-0.15, -0.1) is 0 Å². The second-order valence-corrected chi connectivity index (χ2v) is 18.2. The van der Waals surface area contributed by atoms with Crippen molar-refractivity contribution < 1.29 is 38.2 Å². The van der Waals surface area contributed by atoms with Crippen LogP contribution in [0.4, 0.5) is 26.7 Å².